The third-order valence-electron chi connectivity index (χ3n) is 7.70. The van der Waals surface area contributed by atoms with Gasteiger partial charge in [0, 0.05) is 39.6 Å². The van der Waals surface area contributed by atoms with Gasteiger partial charge in [0.2, 0.25) is 0 Å². The maximum absolute atomic E-state index is 6.67. The highest BCUT2D eigenvalue weighted by Crippen LogP contribution is 2.50. The van der Waals surface area contributed by atoms with Gasteiger partial charge in [0.15, 0.2) is 0 Å². The first-order valence-electron chi connectivity index (χ1n) is 18.9. The van der Waals surface area contributed by atoms with E-state index >= 15 is 0 Å². The van der Waals surface area contributed by atoms with Gasteiger partial charge in [-0.25, -0.2) is 0 Å². The van der Waals surface area contributed by atoms with Gasteiger partial charge in [0.05, 0.1) is 9.75 Å². The molecule has 0 amide bonds. The zero-order valence-electron chi connectivity index (χ0n) is 31.2. The van der Waals surface area contributed by atoms with Crippen LogP contribution in [0.1, 0.15) is 171 Å². The van der Waals surface area contributed by atoms with E-state index in [1.54, 1.807) is 19.7 Å². The minimum atomic E-state index is -2.89. The lowest BCUT2D eigenvalue weighted by Crippen LogP contribution is -2.54. The average Bonchev–Trinajstić information content (AvgIpc) is 3.06. The van der Waals surface area contributed by atoms with Crippen molar-refractivity contribution in [3.8, 4) is 0 Å². The van der Waals surface area contributed by atoms with Crippen LogP contribution in [0.3, 0.4) is 0 Å². The second kappa shape index (κ2) is 33.7. The van der Waals surface area contributed by atoms with E-state index in [9.17, 15) is 0 Å². The van der Waals surface area contributed by atoms with Crippen LogP contribution < -0.4 is 0 Å². The second-order valence-electron chi connectivity index (χ2n) is 12.2. The third-order valence-corrected chi connectivity index (χ3v) is 23.4. The fraction of sp³-hybridized carbons (Fsp3) is 1.00. The Bertz CT molecular complexity index is 530. The Hall–Kier alpha value is 1.59. The summed E-state index contributed by atoms with van der Waals surface area (Å²) >= 11 is 0. The average molecular weight is 763 g/mol. The van der Waals surface area contributed by atoms with Gasteiger partial charge in [0.25, 0.3) is 0 Å². The highest BCUT2D eigenvalue weighted by atomic mass is 33.7. The van der Waals surface area contributed by atoms with Crippen molar-refractivity contribution in [3.63, 3.8) is 0 Å². The third kappa shape index (κ3) is 23.1. The van der Waals surface area contributed by atoms with Gasteiger partial charge < -0.3 is 26.6 Å². The predicted molar refractivity (Wildman–Crippen MR) is 214 cm³/mol. The first-order valence-corrected chi connectivity index (χ1v) is 27.4. The van der Waals surface area contributed by atoms with Gasteiger partial charge in [-0.05, 0) is 72.0 Å². The van der Waals surface area contributed by atoms with Crippen LogP contribution in [0.4, 0.5) is 0 Å². The second-order valence-corrected chi connectivity index (χ2v) is 25.4. The highest BCUT2D eigenvalue weighted by Gasteiger charge is 2.50. The molecule has 0 radical (unpaired) electrons. The molecule has 0 spiro atoms. The Morgan fingerprint density at radius 2 is 0.543 bits per heavy atom. The first kappa shape index (κ1) is 47.6. The first-order chi connectivity index (χ1) is 22.4. The lowest BCUT2D eigenvalue weighted by atomic mass is 10.3. The van der Waals surface area contributed by atoms with E-state index in [-0.39, 0.29) is 9.75 Å². The number of unbranched alkanes of at least 4 members (excludes halogenated alkanes) is 12. The quantitative estimate of drug-likeness (QED) is 0.0347. The van der Waals surface area contributed by atoms with Crippen LogP contribution in [0, 0.1) is 0 Å². The summed E-state index contributed by atoms with van der Waals surface area (Å²) in [5.74, 6) is 0. The molecule has 2 atom stereocenters. The van der Waals surface area contributed by atoms with Gasteiger partial charge in [-0.3, -0.25) is 0 Å². The maximum atomic E-state index is 6.67. The van der Waals surface area contributed by atoms with Gasteiger partial charge in [-0.1, -0.05) is 140 Å². The zero-order valence-corrected chi connectivity index (χ0v) is 36.5. The molecule has 0 aliphatic heterocycles. The van der Waals surface area contributed by atoms with Crippen LogP contribution in [0.25, 0.3) is 0 Å². The number of rotatable bonds is 37. The van der Waals surface area contributed by atoms with Crippen LogP contribution in [0.15, 0.2) is 0 Å². The molecule has 0 aromatic heterocycles. The molecule has 0 aromatic carbocycles. The molecule has 2 unspecified atom stereocenters. The molecule has 0 aliphatic carbocycles. The summed E-state index contributed by atoms with van der Waals surface area (Å²) in [6.45, 7) is 22.2. The van der Waals surface area contributed by atoms with E-state index < -0.39 is 17.6 Å². The summed E-state index contributed by atoms with van der Waals surface area (Å²) in [5.41, 5.74) is 0. The minimum Gasteiger partial charge on any atom is -0.373 e. The monoisotopic (exact) mass is 762 g/mol. The van der Waals surface area contributed by atoms with Gasteiger partial charge in [-0.2, -0.15) is 0 Å². The standard InChI is InChI=1S/C34H74O6S4Si2/c1-9-15-21-27-35-45(36-28-22-16-10-2,37-29-23-17-11-3)33(7)41-43-44-42-34(8)46(38-30-24-18-12-4,39-31-25-19-13-5)40-32-26-20-14-6/h33-34H,9-32H2,1-8H3. The molecule has 0 aromatic rings. The predicted octanol–water partition coefficient (Wildman–Crippen LogP) is 12.6. The van der Waals surface area contributed by atoms with Crippen LogP contribution in [0.2, 0.25) is 0 Å². The molecule has 6 nitrogen and oxygen atoms in total. The van der Waals surface area contributed by atoms with Crippen LogP contribution in [0.5, 0.6) is 0 Å². The van der Waals surface area contributed by atoms with Crippen LogP contribution in [-0.2, 0) is 26.6 Å². The van der Waals surface area contributed by atoms with E-state index in [4.69, 9.17) is 26.6 Å². The Labute approximate surface area is 304 Å². The highest BCUT2D eigenvalue weighted by molar-refractivity contribution is 9.26. The summed E-state index contributed by atoms with van der Waals surface area (Å²) in [5, 5.41) is 0. The van der Waals surface area contributed by atoms with E-state index in [1.165, 1.54) is 77.0 Å². The van der Waals surface area contributed by atoms with Crippen molar-refractivity contribution in [2.45, 2.75) is 181 Å². The van der Waals surface area contributed by atoms with E-state index in [1.807, 2.05) is 21.6 Å². The molecule has 0 saturated heterocycles. The summed E-state index contributed by atoms with van der Waals surface area (Å²) in [6, 6.07) is 0. The zero-order chi connectivity index (χ0) is 34.2. The van der Waals surface area contributed by atoms with Crippen molar-refractivity contribution in [1.82, 2.24) is 0 Å². The number of hydrogen-bond donors (Lipinski definition) is 0. The van der Waals surface area contributed by atoms with Crippen molar-refractivity contribution in [3.05, 3.63) is 0 Å². The van der Waals surface area contributed by atoms with Crippen LogP contribution >= 0.6 is 41.2 Å². The normalized spacial score (nSPS) is 13.8. The molecule has 46 heavy (non-hydrogen) atoms. The van der Waals surface area contributed by atoms with Crippen LogP contribution in [-0.4, -0.2) is 67.0 Å². The molecule has 0 aliphatic rings. The van der Waals surface area contributed by atoms with Gasteiger partial charge in [0.1, 0.15) is 0 Å². The molecule has 12 heteroatoms. The molecule has 0 fully saturated rings. The molecular weight excluding hydrogens is 689 g/mol. The van der Waals surface area contributed by atoms with Gasteiger partial charge >= 0.3 is 17.6 Å². The Kier molecular flexibility index (Phi) is 34.9. The Morgan fingerprint density at radius 1 is 0.348 bits per heavy atom. The molecule has 0 bridgehead atoms. The molecular formula is C34H74O6S4Si2. The summed E-state index contributed by atoms with van der Waals surface area (Å²) in [7, 11) is 1.52. The minimum absolute atomic E-state index is 0.133. The molecule has 0 saturated carbocycles. The van der Waals surface area contributed by atoms with Gasteiger partial charge in [-0.15, -0.1) is 0 Å². The Balaban J connectivity index is 5.60. The van der Waals surface area contributed by atoms with Crippen molar-refractivity contribution in [2.24, 2.45) is 0 Å². The fourth-order valence-corrected chi connectivity index (χ4v) is 21.1. The largest absolute Gasteiger partial charge is 0.515 e. The lowest BCUT2D eigenvalue weighted by Gasteiger charge is -2.34. The van der Waals surface area contributed by atoms with Crippen molar-refractivity contribution in [2.75, 3.05) is 39.6 Å². The summed E-state index contributed by atoms with van der Waals surface area (Å²) in [4.78, 5) is 0.266. The van der Waals surface area contributed by atoms with Crippen molar-refractivity contribution < 1.29 is 26.6 Å². The SMILES string of the molecule is CCCCCO[Si](OCCCCC)(OCCCCC)C(C)SSSSC(C)[Si](OCCCCC)(OCCCCC)OCCCCC. The molecule has 0 N–H and O–H groups in total. The van der Waals surface area contributed by atoms with E-state index in [0.717, 1.165) is 38.5 Å². The molecule has 278 valence electrons. The summed E-state index contributed by atoms with van der Waals surface area (Å²) < 4.78 is 40.0. The summed E-state index contributed by atoms with van der Waals surface area (Å²) in [6.07, 6.45) is 20.4. The van der Waals surface area contributed by atoms with E-state index in [0.29, 0.717) is 39.6 Å². The smallest absolute Gasteiger partial charge is 0.373 e. The lowest BCUT2D eigenvalue weighted by molar-refractivity contribution is 0.0544. The number of hydrogen-bond acceptors (Lipinski definition) is 10. The maximum Gasteiger partial charge on any atom is 0.515 e. The Morgan fingerprint density at radius 3 is 0.717 bits per heavy atom. The van der Waals surface area contributed by atoms with Crippen molar-refractivity contribution >= 4 is 58.8 Å². The van der Waals surface area contributed by atoms with E-state index in [2.05, 4.69) is 55.4 Å². The molecule has 0 rings (SSSR count). The van der Waals surface area contributed by atoms with Crippen molar-refractivity contribution in [1.29, 1.82) is 0 Å². The topological polar surface area (TPSA) is 55.4 Å². The molecule has 0 heterocycles. The fourth-order valence-electron chi connectivity index (χ4n) is 4.62.